The number of methoxy groups -OCH3 is 2. The van der Waals surface area contributed by atoms with Gasteiger partial charge in [0.15, 0.2) is 11.5 Å². The van der Waals surface area contributed by atoms with Crippen LogP contribution in [0.2, 0.25) is 0 Å². The minimum atomic E-state index is 0.250. The molecule has 6 nitrogen and oxygen atoms in total. The molecule has 1 aromatic carbocycles. The van der Waals surface area contributed by atoms with Crippen LogP contribution in [0.25, 0.3) is 0 Å². The first-order chi connectivity index (χ1) is 10.7. The van der Waals surface area contributed by atoms with E-state index in [1.54, 1.807) is 14.2 Å². The van der Waals surface area contributed by atoms with E-state index in [0.717, 1.165) is 43.0 Å². The van der Waals surface area contributed by atoms with Crippen molar-refractivity contribution in [2.75, 3.05) is 34.1 Å². The molecule has 2 N–H and O–H groups in total. The van der Waals surface area contributed by atoms with Gasteiger partial charge in [0.1, 0.15) is 0 Å². The largest absolute Gasteiger partial charge is 0.493 e. The number of hydrogen-bond donors (Lipinski definition) is 1. The second-order valence-electron chi connectivity index (χ2n) is 5.77. The second kappa shape index (κ2) is 6.73. The van der Waals surface area contributed by atoms with E-state index in [4.69, 9.17) is 24.7 Å². The Morgan fingerprint density at radius 3 is 2.91 bits per heavy atom. The van der Waals surface area contributed by atoms with E-state index in [2.05, 4.69) is 4.90 Å². The fraction of sp³-hybridized carbons (Fsp3) is 0.625. The highest BCUT2D eigenvalue weighted by Crippen LogP contribution is 2.42. The average Bonchev–Trinajstić information content (AvgIpc) is 3.02. The van der Waals surface area contributed by atoms with E-state index < -0.39 is 0 Å². The van der Waals surface area contributed by atoms with E-state index in [1.165, 1.54) is 0 Å². The van der Waals surface area contributed by atoms with Gasteiger partial charge in [-0.3, -0.25) is 4.90 Å². The van der Waals surface area contributed by atoms with Crippen LogP contribution < -0.4 is 19.9 Å². The molecule has 0 bridgehead atoms. The molecule has 1 fully saturated rings. The van der Waals surface area contributed by atoms with Crippen LogP contribution in [0.1, 0.15) is 18.4 Å². The molecule has 2 heterocycles. The van der Waals surface area contributed by atoms with Gasteiger partial charge >= 0.3 is 0 Å². The first kappa shape index (κ1) is 15.4. The minimum absolute atomic E-state index is 0.250. The topological polar surface area (TPSA) is 66.2 Å². The van der Waals surface area contributed by atoms with Crippen molar-refractivity contribution in [3.63, 3.8) is 0 Å². The zero-order chi connectivity index (χ0) is 15.5. The molecule has 2 unspecified atom stereocenters. The first-order valence-electron chi connectivity index (χ1n) is 7.68. The maximum atomic E-state index is 5.94. The van der Waals surface area contributed by atoms with Gasteiger partial charge in [0.2, 0.25) is 12.5 Å². The van der Waals surface area contributed by atoms with Crippen LogP contribution in [0.5, 0.6) is 17.2 Å². The van der Waals surface area contributed by atoms with Crippen LogP contribution in [0.3, 0.4) is 0 Å². The molecule has 3 rings (SSSR count). The molecule has 2 aliphatic rings. The van der Waals surface area contributed by atoms with Gasteiger partial charge in [-0.1, -0.05) is 0 Å². The van der Waals surface area contributed by atoms with Gasteiger partial charge in [-0.2, -0.15) is 0 Å². The Kier molecular flexibility index (Phi) is 4.71. The predicted molar refractivity (Wildman–Crippen MR) is 82.4 cm³/mol. The molecule has 2 aliphatic heterocycles. The third-order valence-electron chi connectivity index (χ3n) is 4.50. The number of nitrogens with two attached hydrogens (primary N) is 1. The van der Waals surface area contributed by atoms with Gasteiger partial charge in [0.05, 0.1) is 13.2 Å². The Bertz CT molecular complexity index is 523. The molecule has 0 radical (unpaired) electrons. The van der Waals surface area contributed by atoms with Gasteiger partial charge in [-0.25, -0.2) is 0 Å². The number of rotatable bonds is 5. The fourth-order valence-corrected chi connectivity index (χ4v) is 3.24. The highest BCUT2D eigenvalue weighted by atomic mass is 16.7. The molecule has 22 heavy (non-hydrogen) atoms. The quantitative estimate of drug-likeness (QED) is 0.886. The number of ether oxygens (including phenoxy) is 4. The fourth-order valence-electron chi connectivity index (χ4n) is 3.24. The predicted octanol–water partition coefficient (Wildman–Crippen LogP) is 1.36. The van der Waals surface area contributed by atoms with Crippen LogP contribution in [0.15, 0.2) is 12.1 Å². The average molecular weight is 308 g/mol. The van der Waals surface area contributed by atoms with E-state index in [1.807, 2.05) is 12.1 Å². The van der Waals surface area contributed by atoms with Gasteiger partial charge in [0, 0.05) is 32.8 Å². The third-order valence-corrected chi connectivity index (χ3v) is 4.50. The molecule has 6 heteroatoms. The second-order valence-corrected chi connectivity index (χ2v) is 5.77. The lowest BCUT2D eigenvalue weighted by Gasteiger charge is -2.38. The molecule has 0 spiro atoms. The molecular formula is C16H24N2O4. The number of fused-ring (bicyclic) bond motifs is 1. The van der Waals surface area contributed by atoms with Crippen molar-refractivity contribution in [3.8, 4) is 17.2 Å². The Morgan fingerprint density at radius 2 is 2.18 bits per heavy atom. The number of hydrogen-bond acceptors (Lipinski definition) is 6. The zero-order valence-corrected chi connectivity index (χ0v) is 13.2. The van der Waals surface area contributed by atoms with Crippen molar-refractivity contribution in [2.45, 2.75) is 31.5 Å². The lowest BCUT2D eigenvalue weighted by Crippen LogP contribution is -2.47. The third kappa shape index (κ3) is 2.99. The SMILES string of the molecule is COc1cc(CN2CCC(OC)CC2CN)cc2c1OCO2. The Morgan fingerprint density at radius 1 is 1.32 bits per heavy atom. The maximum Gasteiger partial charge on any atom is 0.231 e. The van der Waals surface area contributed by atoms with E-state index in [0.29, 0.717) is 24.4 Å². The van der Waals surface area contributed by atoms with Crippen LogP contribution in [-0.4, -0.2) is 51.1 Å². The summed E-state index contributed by atoms with van der Waals surface area (Å²) in [5, 5.41) is 0. The standard InChI is InChI=1S/C16H24N2O4/c1-19-13-3-4-18(12(7-13)8-17)9-11-5-14(20-2)16-15(6-11)21-10-22-16/h5-6,12-13H,3-4,7-10,17H2,1-2H3. The zero-order valence-electron chi connectivity index (χ0n) is 13.2. The summed E-state index contributed by atoms with van der Waals surface area (Å²) in [6, 6.07) is 4.39. The van der Waals surface area contributed by atoms with E-state index in [-0.39, 0.29) is 6.79 Å². The summed E-state index contributed by atoms with van der Waals surface area (Å²) in [5.41, 5.74) is 7.09. The van der Waals surface area contributed by atoms with E-state index >= 15 is 0 Å². The van der Waals surface area contributed by atoms with Crippen molar-refractivity contribution in [2.24, 2.45) is 5.73 Å². The molecule has 1 aromatic rings. The summed E-state index contributed by atoms with van der Waals surface area (Å²) in [6.07, 6.45) is 2.33. The van der Waals surface area contributed by atoms with Crippen LogP contribution in [0.4, 0.5) is 0 Å². The van der Waals surface area contributed by atoms with Crippen molar-refractivity contribution in [1.82, 2.24) is 4.90 Å². The number of piperidine rings is 1. The van der Waals surface area contributed by atoms with E-state index in [9.17, 15) is 0 Å². The van der Waals surface area contributed by atoms with Gasteiger partial charge in [-0.15, -0.1) is 0 Å². The van der Waals surface area contributed by atoms with Crippen LogP contribution in [-0.2, 0) is 11.3 Å². The minimum Gasteiger partial charge on any atom is -0.493 e. The normalized spacial score (nSPS) is 24.5. The Hall–Kier alpha value is -1.50. The number of benzene rings is 1. The highest BCUT2D eigenvalue weighted by molar-refractivity contribution is 5.55. The summed E-state index contributed by atoms with van der Waals surface area (Å²) < 4.78 is 21.8. The molecule has 2 atom stereocenters. The van der Waals surface area contributed by atoms with Crippen molar-refractivity contribution in [1.29, 1.82) is 0 Å². The lowest BCUT2D eigenvalue weighted by molar-refractivity contribution is 0.0102. The van der Waals surface area contributed by atoms with Crippen molar-refractivity contribution >= 4 is 0 Å². The van der Waals surface area contributed by atoms with Crippen molar-refractivity contribution in [3.05, 3.63) is 17.7 Å². The smallest absolute Gasteiger partial charge is 0.231 e. The highest BCUT2D eigenvalue weighted by Gasteiger charge is 2.28. The van der Waals surface area contributed by atoms with Gasteiger partial charge in [0.25, 0.3) is 0 Å². The molecule has 0 aromatic heterocycles. The number of nitrogens with zero attached hydrogens (tertiary/aromatic N) is 1. The summed E-state index contributed by atoms with van der Waals surface area (Å²) in [5.74, 6) is 2.17. The van der Waals surface area contributed by atoms with Gasteiger partial charge in [-0.05, 0) is 30.5 Å². The molecular weight excluding hydrogens is 284 g/mol. The monoisotopic (exact) mass is 308 g/mol. The summed E-state index contributed by atoms with van der Waals surface area (Å²) in [6.45, 7) is 2.70. The molecule has 1 saturated heterocycles. The summed E-state index contributed by atoms with van der Waals surface area (Å²) in [4.78, 5) is 2.41. The maximum absolute atomic E-state index is 5.94. The van der Waals surface area contributed by atoms with Crippen LogP contribution >= 0.6 is 0 Å². The first-order valence-corrected chi connectivity index (χ1v) is 7.68. The molecule has 0 aliphatic carbocycles. The van der Waals surface area contributed by atoms with Crippen molar-refractivity contribution < 1.29 is 18.9 Å². The lowest BCUT2D eigenvalue weighted by atomic mass is 9.98. The Balaban J connectivity index is 1.75. The number of likely N-dealkylation sites (tertiary alicyclic amines) is 1. The molecule has 0 saturated carbocycles. The van der Waals surface area contributed by atoms with Gasteiger partial charge < -0.3 is 24.7 Å². The molecule has 122 valence electrons. The molecule has 0 amide bonds. The summed E-state index contributed by atoms with van der Waals surface area (Å²) in [7, 11) is 3.42. The Labute approximate surface area is 131 Å². The summed E-state index contributed by atoms with van der Waals surface area (Å²) >= 11 is 0. The van der Waals surface area contributed by atoms with Crippen LogP contribution in [0, 0.1) is 0 Å².